The standard InChI is InChI=1S/C25H27NO8S/c1-11(27)26-15(25(31)32)10-35-9-12-6-13-8-14-20(19(13)18(7-12)34-3)24(30)21-16(28)4-5-17(33-2)22(21)23(14)29/h6-7,15,17,29-30H,4-5,8-10H2,1-3H3,(H,26,27)(H,31,32)/t15-,17+/m1/s1. The first kappa shape index (κ1) is 24.9. The number of ether oxygens (including phenoxy) is 2. The second-order valence-corrected chi connectivity index (χ2v) is 9.67. The van der Waals surface area contributed by atoms with E-state index in [1.807, 2.05) is 6.07 Å². The van der Waals surface area contributed by atoms with Crippen LogP contribution in [0.15, 0.2) is 12.1 Å². The van der Waals surface area contributed by atoms with E-state index in [4.69, 9.17) is 9.47 Å². The summed E-state index contributed by atoms with van der Waals surface area (Å²) in [6.07, 6.45) is 0.497. The van der Waals surface area contributed by atoms with Crippen molar-refractivity contribution >= 4 is 29.4 Å². The highest BCUT2D eigenvalue weighted by Crippen LogP contribution is 2.56. The number of thioether (sulfide) groups is 1. The number of amides is 1. The molecule has 0 spiro atoms. The van der Waals surface area contributed by atoms with Gasteiger partial charge in [-0.25, -0.2) is 4.79 Å². The number of carboxylic acid groups (broad SMARTS) is 1. The van der Waals surface area contributed by atoms with Crippen LogP contribution >= 0.6 is 11.8 Å². The molecule has 0 bridgehead atoms. The highest BCUT2D eigenvalue weighted by Gasteiger charge is 2.39. The zero-order valence-electron chi connectivity index (χ0n) is 19.6. The average molecular weight is 502 g/mol. The number of carbonyl (C=O) groups is 3. The summed E-state index contributed by atoms with van der Waals surface area (Å²) < 4.78 is 11.1. The molecule has 2 aromatic carbocycles. The fourth-order valence-corrected chi connectivity index (χ4v) is 5.89. The van der Waals surface area contributed by atoms with Crippen molar-refractivity contribution in [1.82, 2.24) is 5.32 Å². The van der Waals surface area contributed by atoms with Gasteiger partial charge in [-0.15, -0.1) is 0 Å². The van der Waals surface area contributed by atoms with Crippen molar-refractivity contribution in [2.24, 2.45) is 0 Å². The van der Waals surface area contributed by atoms with E-state index in [9.17, 15) is 29.7 Å². The fraction of sp³-hybridized carbons (Fsp3) is 0.400. The van der Waals surface area contributed by atoms with E-state index in [1.54, 1.807) is 6.07 Å². The van der Waals surface area contributed by atoms with Crippen LogP contribution in [0.2, 0.25) is 0 Å². The molecule has 186 valence electrons. The molecular formula is C25H27NO8S. The number of Topliss-reactive ketones (excluding diaryl/α,β-unsaturated/α-hetero) is 1. The number of nitrogens with one attached hydrogen (secondary N) is 1. The van der Waals surface area contributed by atoms with Crippen LogP contribution in [0.3, 0.4) is 0 Å². The molecule has 0 heterocycles. The van der Waals surface area contributed by atoms with E-state index >= 15 is 0 Å². The van der Waals surface area contributed by atoms with Crippen molar-refractivity contribution in [1.29, 1.82) is 0 Å². The first-order valence-corrected chi connectivity index (χ1v) is 12.3. The number of phenols is 2. The lowest BCUT2D eigenvalue weighted by atomic mass is 9.83. The lowest BCUT2D eigenvalue weighted by Gasteiger charge is -2.27. The van der Waals surface area contributed by atoms with Crippen molar-refractivity contribution in [3.05, 3.63) is 39.9 Å². The number of methoxy groups -OCH3 is 2. The molecule has 4 rings (SSSR count). The molecule has 0 unspecified atom stereocenters. The van der Waals surface area contributed by atoms with Crippen LogP contribution in [0.5, 0.6) is 17.2 Å². The molecule has 0 radical (unpaired) electrons. The summed E-state index contributed by atoms with van der Waals surface area (Å²) in [4.78, 5) is 35.3. The summed E-state index contributed by atoms with van der Waals surface area (Å²) in [6, 6.07) is 2.72. The Morgan fingerprint density at radius 1 is 1.17 bits per heavy atom. The quantitative estimate of drug-likeness (QED) is 0.342. The number of benzene rings is 2. The Hall–Kier alpha value is -3.24. The van der Waals surface area contributed by atoms with E-state index in [2.05, 4.69) is 5.32 Å². The predicted octanol–water partition coefficient (Wildman–Crippen LogP) is 3.16. The molecule has 10 heteroatoms. The number of hydrogen-bond donors (Lipinski definition) is 4. The Morgan fingerprint density at radius 3 is 2.54 bits per heavy atom. The number of hydrogen-bond acceptors (Lipinski definition) is 8. The number of ketones is 1. The molecule has 2 aliphatic carbocycles. The van der Waals surface area contributed by atoms with Gasteiger partial charge >= 0.3 is 5.97 Å². The highest BCUT2D eigenvalue weighted by molar-refractivity contribution is 7.98. The van der Waals surface area contributed by atoms with Crippen molar-refractivity contribution in [2.75, 3.05) is 20.0 Å². The zero-order valence-corrected chi connectivity index (χ0v) is 20.5. The molecule has 0 aromatic heterocycles. The van der Waals surface area contributed by atoms with Gasteiger partial charge in [-0.1, -0.05) is 6.07 Å². The minimum Gasteiger partial charge on any atom is -0.507 e. The van der Waals surface area contributed by atoms with E-state index in [1.165, 1.54) is 32.9 Å². The maximum Gasteiger partial charge on any atom is 0.327 e. The van der Waals surface area contributed by atoms with Gasteiger partial charge in [0.25, 0.3) is 0 Å². The zero-order chi connectivity index (χ0) is 25.4. The van der Waals surface area contributed by atoms with E-state index in [0.717, 1.165) is 11.1 Å². The SMILES string of the molecule is COc1cc(CSC[C@@H](NC(C)=O)C(=O)O)cc2c1-c1c(O)c3c(c(O)c1C2)[C@@H](OC)CCC3=O. The molecule has 0 saturated carbocycles. The average Bonchev–Trinajstić information content (AvgIpc) is 3.21. The summed E-state index contributed by atoms with van der Waals surface area (Å²) in [7, 11) is 3.01. The summed E-state index contributed by atoms with van der Waals surface area (Å²) in [6.45, 7) is 1.27. The van der Waals surface area contributed by atoms with E-state index in [0.29, 0.717) is 46.6 Å². The van der Waals surface area contributed by atoms with Gasteiger partial charge < -0.3 is 30.1 Å². The van der Waals surface area contributed by atoms with E-state index < -0.39 is 24.0 Å². The van der Waals surface area contributed by atoms with Crippen LogP contribution in [-0.4, -0.2) is 59.0 Å². The largest absolute Gasteiger partial charge is 0.507 e. The monoisotopic (exact) mass is 501 g/mol. The second kappa shape index (κ2) is 9.79. The number of rotatable bonds is 8. The van der Waals surface area contributed by atoms with Gasteiger partial charge in [0.05, 0.1) is 18.8 Å². The predicted molar refractivity (Wildman–Crippen MR) is 129 cm³/mol. The molecule has 2 aromatic rings. The van der Waals surface area contributed by atoms with Crippen LogP contribution in [0.4, 0.5) is 0 Å². The molecule has 4 N–H and O–H groups in total. The van der Waals surface area contributed by atoms with Crippen molar-refractivity contribution in [3.8, 4) is 28.4 Å². The molecule has 2 atom stereocenters. The third-order valence-corrected chi connectivity index (χ3v) is 7.52. The Bertz CT molecular complexity index is 1220. The first-order chi connectivity index (χ1) is 16.7. The normalized spacial score (nSPS) is 16.8. The molecule has 2 aliphatic rings. The minimum absolute atomic E-state index is 0.0403. The fourth-order valence-electron chi connectivity index (χ4n) is 4.91. The van der Waals surface area contributed by atoms with Gasteiger partial charge in [-0.2, -0.15) is 11.8 Å². The third-order valence-electron chi connectivity index (χ3n) is 6.41. The number of carbonyl (C=O) groups excluding carboxylic acids is 2. The third kappa shape index (κ3) is 4.43. The molecule has 35 heavy (non-hydrogen) atoms. The van der Waals surface area contributed by atoms with Gasteiger partial charge in [0.1, 0.15) is 23.3 Å². The van der Waals surface area contributed by atoms with Crippen molar-refractivity contribution in [3.63, 3.8) is 0 Å². The lowest BCUT2D eigenvalue weighted by Crippen LogP contribution is -2.41. The van der Waals surface area contributed by atoms with Gasteiger partial charge in [-0.3, -0.25) is 9.59 Å². The first-order valence-electron chi connectivity index (χ1n) is 11.1. The molecule has 0 fully saturated rings. The lowest BCUT2D eigenvalue weighted by molar-refractivity contribution is -0.140. The summed E-state index contributed by atoms with van der Waals surface area (Å²) in [5.74, 6) is -0.836. The van der Waals surface area contributed by atoms with Gasteiger partial charge in [-0.05, 0) is 23.6 Å². The molecule has 9 nitrogen and oxygen atoms in total. The number of phenolic OH excluding ortho intramolecular Hbond substituents is 2. The second-order valence-electron chi connectivity index (χ2n) is 8.64. The summed E-state index contributed by atoms with van der Waals surface area (Å²) in [5, 5.41) is 34.1. The Morgan fingerprint density at radius 2 is 1.91 bits per heavy atom. The highest BCUT2D eigenvalue weighted by atomic mass is 32.2. The van der Waals surface area contributed by atoms with Crippen LogP contribution in [0, 0.1) is 0 Å². The Balaban J connectivity index is 1.69. The molecule has 0 aliphatic heterocycles. The Kier molecular flexibility index (Phi) is 6.95. The smallest absolute Gasteiger partial charge is 0.327 e. The summed E-state index contributed by atoms with van der Waals surface area (Å²) >= 11 is 1.35. The maximum absolute atomic E-state index is 12.7. The van der Waals surface area contributed by atoms with Gasteiger partial charge in [0, 0.05) is 60.6 Å². The topological polar surface area (TPSA) is 142 Å². The molecular weight excluding hydrogens is 474 g/mol. The van der Waals surface area contributed by atoms with Gasteiger partial charge in [0.2, 0.25) is 5.91 Å². The van der Waals surface area contributed by atoms with Gasteiger partial charge in [0.15, 0.2) is 5.78 Å². The van der Waals surface area contributed by atoms with Crippen molar-refractivity contribution in [2.45, 2.75) is 44.1 Å². The van der Waals surface area contributed by atoms with E-state index in [-0.39, 0.29) is 35.0 Å². The number of aromatic hydroxyl groups is 2. The maximum atomic E-state index is 12.7. The summed E-state index contributed by atoms with van der Waals surface area (Å²) in [5.41, 5.74) is 3.66. The minimum atomic E-state index is -1.10. The van der Waals surface area contributed by atoms with Crippen LogP contribution in [0.1, 0.15) is 58.5 Å². The Labute approximate surface area is 206 Å². The number of carboxylic acids is 1. The molecule has 1 amide bonds. The molecule has 0 saturated heterocycles. The van der Waals surface area contributed by atoms with Crippen LogP contribution in [-0.2, 0) is 26.5 Å². The number of fused-ring (bicyclic) bond motifs is 4. The van der Waals surface area contributed by atoms with Crippen molar-refractivity contribution < 1.29 is 39.2 Å². The van der Waals surface area contributed by atoms with Crippen LogP contribution < -0.4 is 10.1 Å². The van der Waals surface area contributed by atoms with Crippen LogP contribution in [0.25, 0.3) is 11.1 Å². The number of aliphatic carboxylic acids is 1.